The molecule has 0 bridgehead atoms. The standard InChI is InChI=1S/C23H33N3O4/c1-26-11-9-17(10-12-26)24-15-23-21(27)8-7-20(29-23)13-18-14-22(30-25-18)16-3-5-19(28-2)6-4-16/h3-6,14,17,20-21,23-24,27H,7-13,15H2,1-2H3. The van der Waals surface area contributed by atoms with Crippen molar-refractivity contribution in [1.82, 2.24) is 15.4 Å². The normalized spacial score (nSPS) is 26.0. The van der Waals surface area contributed by atoms with E-state index in [0.29, 0.717) is 19.0 Å². The van der Waals surface area contributed by atoms with Crippen molar-refractivity contribution in [1.29, 1.82) is 0 Å². The molecule has 0 saturated carbocycles. The Morgan fingerprint density at radius 2 is 1.93 bits per heavy atom. The van der Waals surface area contributed by atoms with E-state index in [0.717, 1.165) is 61.5 Å². The van der Waals surface area contributed by atoms with E-state index in [1.165, 1.54) is 0 Å². The minimum atomic E-state index is -0.410. The van der Waals surface area contributed by atoms with Crippen LogP contribution in [-0.2, 0) is 11.2 Å². The molecule has 1 aromatic heterocycles. The Balaban J connectivity index is 1.29. The maximum atomic E-state index is 10.4. The van der Waals surface area contributed by atoms with Gasteiger partial charge in [-0.25, -0.2) is 0 Å². The summed E-state index contributed by atoms with van der Waals surface area (Å²) < 4.78 is 17.0. The molecule has 0 amide bonds. The summed E-state index contributed by atoms with van der Waals surface area (Å²) in [6.45, 7) is 2.94. The summed E-state index contributed by atoms with van der Waals surface area (Å²) in [5, 5.41) is 18.2. The number of piperidine rings is 1. The van der Waals surface area contributed by atoms with Gasteiger partial charge in [-0.15, -0.1) is 0 Å². The summed E-state index contributed by atoms with van der Waals surface area (Å²) in [6.07, 6.45) is 4.04. The first kappa shape index (κ1) is 21.3. The first-order valence-electron chi connectivity index (χ1n) is 11.0. The number of aliphatic hydroxyl groups is 1. The second kappa shape index (κ2) is 9.92. The number of rotatable bonds is 7. The topological polar surface area (TPSA) is 80.0 Å². The highest BCUT2D eigenvalue weighted by Gasteiger charge is 2.31. The van der Waals surface area contributed by atoms with Crippen molar-refractivity contribution >= 4 is 0 Å². The van der Waals surface area contributed by atoms with E-state index in [-0.39, 0.29) is 12.2 Å². The van der Waals surface area contributed by atoms with Crippen molar-refractivity contribution in [2.45, 2.75) is 56.5 Å². The largest absolute Gasteiger partial charge is 0.497 e. The van der Waals surface area contributed by atoms with Crippen LogP contribution in [0.1, 0.15) is 31.4 Å². The minimum Gasteiger partial charge on any atom is -0.497 e. The van der Waals surface area contributed by atoms with Gasteiger partial charge < -0.3 is 29.3 Å². The lowest BCUT2D eigenvalue weighted by Gasteiger charge is -2.36. The summed E-state index contributed by atoms with van der Waals surface area (Å²) in [5.74, 6) is 1.55. The molecule has 2 aliphatic rings. The first-order valence-corrected chi connectivity index (χ1v) is 11.0. The van der Waals surface area contributed by atoms with Crippen molar-refractivity contribution in [2.75, 3.05) is 33.8 Å². The smallest absolute Gasteiger partial charge is 0.167 e. The Morgan fingerprint density at radius 3 is 2.67 bits per heavy atom. The highest BCUT2D eigenvalue weighted by molar-refractivity contribution is 5.58. The Hall–Kier alpha value is -1.93. The predicted octanol–water partition coefficient (Wildman–Crippen LogP) is 2.48. The van der Waals surface area contributed by atoms with E-state index in [1.54, 1.807) is 7.11 Å². The van der Waals surface area contributed by atoms with E-state index >= 15 is 0 Å². The lowest BCUT2D eigenvalue weighted by atomic mass is 9.97. The van der Waals surface area contributed by atoms with Gasteiger partial charge in [0.2, 0.25) is 0 Å². The van der Waals surface area contributed by atoms with Crippen LogP contribution in [-0.4, -0.2) is 73.3 Å². The van der Waals surface area contributed by atoms with E-state index < -0.39 is 6.10 Å². The maximum Gasteiger partial charge on any atom is 0.167 e. The third-order valence-corrected chi connectivity index (χ3v) is 6.28. The van der Waals surface area contributed by atoms with E-state index in [4.69, 9.17) is 14.0 Å². The van der Waals surface area contributed by atoms with Crippen molar-refractivity contribution in [2.24, 2.45) is 0 Å². The van der Waals surface area contributed by atoms with Gasteiger partial charge in [0.05, 0.1) is 31.1 Å². The van der Waals surface area contributed by atoms with Crippen LogP contribution in [0, 0.1) is 0 Å². The van der Waals surface area contributed by atoms with E-state index in [2.05, 4.69) is 22.4 Å². The van der Waals surface area contributed by atoms with Crippen molar-refractivity contribution in [3.8, 4) is 17.1 Å². The molecule has 7 heteroatoms. The average Bonchev–Trinajstić information content (AvgIpc) is 3.24. The number of hydrogen-bond acceptors (Lipinski definition) is 7. The van der Waals surface area contributed by atoms with Crippen molar-refractivity contribution in [3.63, 3.8) is 0 Å². The summed E-state index contributed by atoms with van der Waals surface area (Å²) in [6, 6.07) is 10.2. The van der Waals surface area contributed by atoms with Gasteiger partial charge in [0.25, 0.3) is 0 Å². The molecular formula is C23H33N3O4. The fourth-order valence-corrected chi connectivity index (χ4v) is 4.31. The van der Waals surface area contributed by atoms with Gasteiger partial charge in [0.15, 0.2) is 5.76 Å². The number of nitrogens with zero attached hydrogens (tertiary/aromatic N) is 2. The fourth-order valence-electron chi connectivity index (χ4n) is 4.31. The van der Waals surface area contributed by atoms with Gasteiger partial charge in [0.1, 0.15) is 5.75 Å². The third kappa shape index (κ3) is 5.40. The second-order valence-electron chi connectivity index (χ2n) is 8.54. The molecule has 30 heavy (non-hydrogen) atoms. The second-order valence-corrected chi connectivity index (χ2v) is 8.54. The number of aliphatic hydroxyl groups excluding tert-OH is 1. The molecule has 2 fully saturated rings. The van der Waals surface area contributed by atoms with Crippen LogP contribution in [0.25, 0.3) is 11.3 Å². The SMILES string of the molecule is COc1ccc(-c2cc(CC3CCC(O)C(CNC4CCN(C)CC4)O3)no2)cc1. The highest BCUT2D eigenvalue weighted by atomic mass is 16.5. The fraction of sp³-hybridized carbons (Fsp3) is 0.609. The molecule has 4 rings (SSSR count). The summed E-state index contributed by atoms with van der Waals surface area (Å²) in [4.78, 5) is 2.36. The van der Waals surface area contributed by atoms with Gasteiger partial charge in [-0.3, -0.25) is 0 Å². The molecule has 7 nitrogen and oxygen atoms in total. The molecule has 2 aliphatic heterocycles. The van der Waals surface area contributed by atoms with Crippen molar-refractivity contribution < 1.29 is 19.1 Å². The number of aromatic nitrogens is 1. The number of ether oxygens (including phenoxy) is 2. The lowest BCUT2D eigenvalue weighted by Crippen LogP contribution is -2.49. The molecule has 0 spiro atoms. The molecule has 3 heterocycles. The Labute approximate surface area is 178 Å². The molecule has 3 unspecified atom stereocenters. The van der Waals surface area contributed by atoms with Gasteiger partial charge in [-0.1, -0.05) is 5.16 Å². The van der Waals surface area contributed by atoms with Gasteiger partial charge >= 0.3 is 0 Å². The number of likely N-dealkylation sites (tertiary alicyclic amines) is 1. The monoisotopic (exact) mass is 415 g/mol. The Morgan fingerprint density at radius 1 is 1.17 bits per heavy atom. The average molecular weight is 416 g/mol. The molecule has 3 atom stereocenters. The molecular weight excluding hydrogens is 382 g/mol. The van der Waals surface area contributed by atoms with Crippen LogP contribution in [0.2, 0.25) is 0 Å². The molecule has 2 N–H and O–H groups in total. The number of nitrogens with one attached hydrogen (secondary N) is 1. The maximum absolute atomic E-state index is 10.4. The third-order valence-electron chi connectivity index (χ3n) is 6.28. The van der Waals surface area contributed by atoms with Gasteiger partial charge in [0, 0.05) is 30.6 Å². The lowest BCUT2D eigenvalue weighted by molar-refractivity contribution is -0.115. The molecule has 2 aromatic rings. The zero-order chi connectivity index (χ0) is 20.9. The highest BCUT2D eigenvalue weighted by Crippen LogP contribution is 2.26. The molecule has 164 valence electrons. The quantitative estimate of drug-likeness (QED) is 0.719. The Bertz CT molecular complexity index is 786. The summed E-state index contributed by atoms with van der Waals surface area (Å²) in [7, 11) is 3.82. The van der Waals surface area contributed by atoms with Crippen LogP contribution >= 0.6 is 0 Å². The van der Waals surface area contributed by atoms with E-state index in [9.17, 15) is 5.11 Å². The number of benzene rings is 1. The van der Waals surface area contributed by atoms with Crippen molar-refractivity contribution in [3.05, 3.63) is 36.0 Å². The zero-order valence-electron chi connectivity index (χ0n) is 17.9. The van der Waals surface area contributed by atoms with Crippen LogP contribution in [0.5, 0.6) is 5.75 Å². The predicted molar refractivity (Wildman–Crippen MR) is 115 cm³/mol. The summed E-state index contributed by atoms with van der Waals surface area (Å²) in [5.41, 5.74) is 1.85. The first-order chi connectivity index (χ1) is 14.6. The van der Waals surface area contributed by atoms with E-state index in [1.807, 2.05) is 30.3 Å². The molecule has 2 saturated heterocycles. The van der Waals surface area contributed by atoms with Crippen LogP contribution < -0.4 is 10.1 Å². The van der Waals surface area contributed by atoms with Crippen LogP contribution in [0.15, 0.2) is 34.9 Å². The van der Waals surface area contributed by atoms with Gasteiger partial charge in [-0.2, -0.15) is 0 Å². The van der Waals surface area contributed by atoms with Crippen LogP contribution in [0.4, 0.5) is 0 Å². The van der Waals surface area contributed by atoms with Gasteiger partial charge in [-0.05, 0) is 70.1 Å². The molecule has 0 aliphatic carbocycles. The zero-order valence-corrected chi connectivity index (χ0v) is 17.9. The molecule has 1 aromatic carbocycles. The number of methoxy groups -OCH3 is 1. The minimum absolute atomic E-state index is 0.0477. The molecule has 0 radical (unpaired) electrons. The number of hydrogen-bond donors (Lipinski definition) is 2. The summed E-state index contributed by atoms with van der Waals surface area (Å²) >= 11 is 0. The van der Waals surface area contributed by atoms with Crippen LogP contribution in [0.3, 0.4) is 0 Å². The Kier molecular flexibility index (Phi) is 7.04.